The van der Waals surface area contributed by atoms with E-state index in [2.05, 4.69) is 4.98 Å². The van der Waals surface area contributed by atoms with Crippen molar-refractivity contribution in [2.75, 3.05) is 25.7 Å². The van der Waals surface area contributed by atoms with Gasteiger partial charge in [-0.25, -0.2) is 13.4 Å². The SMILES string of the molecule is CCCC(C)(C)Oc1cc(OCS(=O)(=O)C(F)(F)F)cc(CN2CCOCC2C(F)(F)F)n1. The van der Waals surface area contributed by atoms with Crippen LogP contribution in [0.3, 0.4) is 0 Å². The molecule has 7 nitrogen and oxygen atoms in total. The average molecular weight is 508 g/mol. The first-order chi connectivity index (χ1) is 15.0. The molecule has 1 atom stereocenters. The predicted molar refractivity (Wildman–Crippen MR) is 105 cm³/mol. The number of rotatable bonds is 9. The second kappa shape index (κ2) is 10.2. The third-order valence-corrected chi connectivity index (χ3v) is 5.91. The predicted octanol–water partition coefficient (Wildman–Crippen LogP) is 4.07. The lowest BCUT2D eigenvalue weighted by atomic mass is 10.0. The van der Waals surface area contributed by atoms with Gasteiger partial charge in [0, 0.05) is 25.2 Å². The molecular weight excluding hydrogens is 482 g/mol. The summed E-state index contributed by atoms with van der Waals surface area (Å²) in [5.41, 5.74) is -6.25. The fourth-order valence-corrected chi connectivity index (χ4v) is 3.66. The van der Waals surface area contributed by atoms with Crippen molar-refractivity contribution in [2.45, 2.75) is 63.5 Å². The van der Waals surface area contributed by atoms with E-state index in [1.807, 2.05) is 6.92 Å². The van der Waals surface area contributed by atoms with Crippen LogP contribution in [0.5, 0.6) is 11.6 Å². The monoisotopic (exact) mass is 508 g/mol. The largest absolute Gasteiger partial charge is 0.500 e. The summed E-state index contributed by atoms with van der Waals surface area (Å²) in [5, 5.41) is 0. The third-order valence-electron chi connectivity index (χ3n) is 4.78. The zero-order valence-electron chi connectivity index (χ0n) is 18.3. The van der Waals surface area contributed by atoms with E-state index in [4.69, 9.17) is 14.2 Å². The Bertz CT molecular complexity index is 905. The fraction of sp³-hybridized carbons (Fsp3) is 0.737. The van der Waals surface area contributed by atoms with Crippen LogP contribution in [0.15, 0.2) is 12.1 Å². The lowest BCUT2D eigenvalue weighted by Gasteiger charge is -2.36. The maximum absolute atomic E-state index is 13.4. The van der Waals surface area contributed by atoms with E-state index < -0.39 is 45.7 Å². The van der Waals surface area contributed by atoms with Crippen molar-refractivity contribution in [1.82, 2.24) is 9.88 Å². The first kappa shape index (κ1) is 27.4. The molecule has 0 aromatic carbocycles. The Morgan fingerprint density at radius 1 is 1.18 bits per heavy atom. The molecule has 2 rings (SSSR count). The van der Waals surface area contributed by atoms with Gasteiger partial charge >= 0.3 is 11.7 Å². The van der Waals surface area contributed by atoms with E-state index in [1.54, 1.807) is 13.8 Å². The summed E-state index contributed by atoms with van der Waals surface area (Å²) in [6.45, 7) is 4.47. The molecular formula is C19H26F6N2O5S. The smallest absolute Gasteiger partial charge is 0.477 e. The molecule has 1 aliphatic heterocycles. The highest BCUT2D eigenvalue weighted by molar-refractivity contribution is 7.92. The van der Waals surface area contributed by atoms with Gasteiger partial charge in [0.25, 0.3) is 9.84 Å². The molecule has 0 N–H and O–H groups in total. The van der Waals surface area contributed by atoms with Crippen molar-refractivity contribution < 1.29 is 49.0 Å². The number of hydrogen-bond donors (Lipinski definition) is 0. The van der Waals surface area contributed by atoms with Gasteiger partial charge in [0.2, 0.25) is 5.88 Å². The zero-order valence-corrected chi connectivity index (χ0v) is 19.1. The normalized spacial score (nSPS) is 18.9. The van der Waals surface area contributed by atoms with Crippen LogP contribution in [-0.4, -0.2) is 67.3 Å². The van der Waals surface area contributed by atoms with Crippen molar-refractivity contribution in [3.63, 3.8) is 0 Å². The second-order valence-electron chi connectivity index (χ2n) is 8.17. The number of alkyl halides is 6. The standard InChI is InChI=1S/C19H26F6N2O5S/c1-4-5-17(2,3)32-16-9-14(31-12-33(28,29)19(23,24)25)8-13(26-16)10-27-6-7-30-11-15(27)18(20,21)22/h8-9,15H,4-7,10-12H2,1-3H3. The maximum atomic E-state index is 13.4. The van der Waals surface area contributed by atoms with Crippen molar-refractivity contribution in [1.29, 1.82) is 0 Å². The number of sulfone groups is 1. The molecule has 0 saturated carbocycles. The number of pyridine rings is 1. The van der Waals surface area contributed by atoms with E-state index >= 15 is 0 Å². The van der Waals surface area contributed by atoms with Gasteiger partial charge in [-0.1, -0.05) is 13.3 Å². The summed E-state index contributed by atoms with van der Waals surface area (Å²) in [6.07, 6.45) is -3.25. The van der Waals surface area contributed by atoms with Gasteiger partial charge in [-0.15, -0.1) is 0 Å². The Morgan fingerprint density at radius 2 is 1.85 bits per heavy atom. The van der Waals surface area contributed by atoms with E-state index in [0.717, 1.165) is 23.5 Å². The number of hydrogen-bond acceptors (Lipinski definition) is 7. The van der Waals surface area contributed by atoms with Gasteiger partial charge in [-0.05, 0) is 20.3 Å². The molecule has 0 radical (unpaired) electrons. The van der Waals surface area contributed by atoms with Crippen LogP contribution in [0.2, 0.25) is 0 Å². The molecule has 190 valence electrons. The molecule has 0 spiro atoms. The Kier molecular flexibility index (Phi) is 8.50. The molecule has 1 fully saturated rings. The molecule has 0 bridgehead atoms. The number of aromatic nitrogens is 1. The number of ether oxygens (including phenoxy) is 3. The number of morpholine rings is 1. The van der Waals surface area contributed by atoms with Crippen molar-refractivity contribution in [3.8, 4) is 11.6 Å². The van der Waals surface area contributed by atoms with Gasteiger partial charge in [0.1, 0.15) is 17.4 Å². The Morgan fingerprint density at radius 3 is 2.42 bits per heavy atom. The van der Waals surface area contributed by atoms with Crippen LogP contribution in [0.25, 0.3) is 0 Å². The minimum atomic E-state index is -5.58. The van der Waals surface area contributed by atoms with Crippen molar-refractivity contribution in [2.24, 2.45) is 0 Å². The van der Waals surface area contributed by atoms with Gasteiger partial charge in [0.05, 0.1) is 18.9 Å². The van der Waals surface area contributed by atoms with E-state index in [0.29, 0.717) is 6.42 Å². The number of nitrogens with zero attached hydrogens (tertiary/aromatic N) is 2. The highest BCUT2D eigenvalue weighted by Crippen LogP contribution is 2.31. The fourth-order valence-electron chi connectivity index (χ4n) is 3.24. The van der Waals surface area contributed by atoms with Crippen LogP contribution in [0.1, 0.15) is 39.3 Å². The maximum Gasteiger partial charge on any atom is 0.500 e. The minimum absolute atomic E-state index is 0.00959. The van der Waals surface area contributed by atoms with E-state index in [1.165, 1.54) is 0 Å². The van der Waals surface area contributed by atoms with Gasteiger partial charge in [0.15, 0.2) is 5.94 Å². The summed E-state index contributed by atoms with van der Waals surface area (Å²) < 4.78 is 116. The molecule has 1 aromatic heterocycles. The quantitative estimate of drug-likeness (QED) is 0.466. The number of halogens is 6. The molecule has 2 heterocycles. The van der Waals surface area contributed by atoms with Crippen molar-refractivity contribution in [3.05, 3.63) is 17.8 Å². The first-order valence-electron chi connectivity index (χ1n) is 10.0. The molecule has 1 aliphatic rings. The lowest BCUT2D eigenvalue weighted by molar-refractivity contribution is -0.213. The van der Waals surface area contributed by atoms with E-state index in [-0.39, 0.29) is 37.0 Å². The summed E-state index contributed by atoms with van der Waals surface area (Å²) in [4.78, 5) is 5.25. The molecule has 1 aromatic rings. The van der Waals surface area contributed by atoms with Crippen LogP contribution < -0.4 is 9.47 Å². The highest BCUT2D eigenvalue weighted by Gasteiger charge is 2.47. The first-order valence-corrected chi connectivity index (χ1v) is 11.7. The minimum Gasteiger partial charge on any atom is -0.477 e. The zero-order chi connectivity index (χ0) is 25.1. The van der Waals surface area contributed by atoms with E-state index in [9.17, 15) is 34.8 Å². The van der Waals surface area contributed by atoms with Crippen LogP contribution in [0, 0.1) is 0 Å². The van der Waals surface area contributed by atoms with Crippen molar-refractivity contribution >= 4 is 9.84 Å². The van der Waals surface area contributed by atoms with Gasteiger partial charge in [-0.3, -0.25) is 4.90 Å². The molecule has 0 aliphatic carbocycles. The van der Waals surface area contributed by atoms with Gasteiger partial charge in [-0.2, -0.15) is 26.3 Å². The molecule has 33 heavy (non-hydrogen) atoms. The topological polar surface area (TPSA) is 78.0 Å². The average Bonchev–Trinajstić information content (AvgIpc) is 2.64. The molecule has 1 saturated heterocycles. The summed E-state index contributed by atoms with van der Waals surface area (Å²) in [7, 11) is -5.58. The molecule has 14 heteroatoms. The third kappa shape index (κ3) is 7.88. The highest BCUT2D eigenvalue weighted by atomic mass is 32.2. The summed E-state index contributed by atoms with van der Waals surface area (Å²) in [5.74, 6) is -2.13. The Hall–Kier alpha value is -1.80. The van der Waals surface area contributed by atoms with Gasteiger partial charge < -0.3 is 14.2 Å². The summed E-state index contributed by atoms with van der Waals surface area (Å²) >= 11 is 0. The van der Waals surface area contributed by atoms with Crippen LogP contribution >= 0.6 is 0 Å². The Balaban J connectivity index is 2.34. The lowest BCUT2D eigenvalue weighted by Crippen LogP contribution is -2.52. The Labute approximate surface area is 187 Å². The second-order valence-corrected chi connectivity index (χ2v) is 10.1. The van der Waals surface area contributed by atoms with Crippen LogP contribution in [-0.2, 0) is 21.1 Å². The molecule has 0 amide bonds. The van der Waals surface area contributed by atoms with Crippen LogP contribution in [0.4, 0.5) is 26.3 Å². The summed E-state index contributed by atoms with van der Waals surface area (Å²) in [6, 6.07) is 0.297. The molecule has 1 unspecified atom stereocenters.